The lowest BCUT2D eigenvalue weighted by molar-refractivity contribution is -0.164. The summed E-state index contributed by atoms with van der Waals surface area (Å²) in [5.74, 6) is 2.74. The average molecular weight is 299 g/mol. The van der Waals surface area contributed by atoms with Gasteiger partial charge >= 0.3 is 0 Å². The van der Waals surface area contributed by atoms with Gasteiger partial charge in [-0.15, -0.1) is 0 Å². The van der Waals surface area contributed by atoms with Crippen LogP contribution in [0.4, 0.5) is 0 Å². The smallest absolute Gasteiger partial charge is 0.233 e. The standard InChI is InChI=1S/C19H25NO2/c1-9-13-7-12(19(13,2)3)8-14(9)20-17(21)15-10-4-5-11(6-10)16(15)18(20)22/h4-5,9-16H,6-8H2,1-3H3/t9-,10?,11?,12+,13-,14+,15?,16?/m1/s1. The number of amides is 2. The molecule has 6 rings (SSSR count). The van der Waals surface area contributed by atoms with Crippen molar-refractivity contribution < 1.29 is 9.59 Å². The van der Waals surface area contributed by atoms with Crippen LogP contribution in [-0.2, 0) is 9.59 Å². The summed E-state index contributed by atoms with van der Waals surface area (Å²) < 4.78 is 0. The van der Waals surface area contributed by atoms with Gasteiger partial charge < -0.3 is 0 Å². The van der Waals surface area contributed by atoms with Crippen molar-refractivity contribution in [3.8, 4) is 0 Å². The number of likely N-dealkylation sites (tertiary alicyclic amines) is 1. The summed E-state index contributed by atoms with van der Waals surface area (Å²) in [6.45, 7) is 7.00. The molecule has 5 aliphatic carbocycles. The minimum atomic E-state index is -0.0269. The zero-order chi connectivity index (χ0) is 15.4. The molecule has 1 aliphatic heterocycles. The predicted octanol–water partition coefficient (Wildman–Crippen LogP) is 2.86. The molecule has 0 aromatic rings. The molecule has 8 atom stereocenters. The van der Waals surface area contributed by atoms with Gasteiger partial charge in [0.05, 0.1) is 11.8 Å². The molecule has 1 saturated heterocycles. The van der Waals surface area contributed by atoms with Crippen LogP contribution in [0, 0.1) is 46.8 Å². The van der Waals surface area contributed by atoms with Gasteiger partial charge in [-0.1, -0.05) is 32.9 Å². The topological polar surface area (TPSA) is 37.4 Å². The first-order valence-corrected chi connectivity index (χ1v) is 8.96. The molecule has 6 aliphatic rings. The lowest BCUT2D eigenvalue weighted by Gasteiger charge is -2.63. The second-order valence-corrected chi connectivity index (χ2v) is 9.07. The van der Waals surface area contributed by atoms with E-state index >= 15 is 0 Å². The number of carbonyl (C=O) groups is 2. The van der Waals surface area contributed by atoms with Crippen molar-refractivity contribution in [1.82, 2.24) is 4.90 Å². The van der Waals surface area contributed by atoms with Crippen LogP contribution in [0.2, 0.25) is 0 Å². The van der Waals surface area contributed by atoms with Crippen molar-refractivity contribution in [3.05, 3.63) is 12.2 Å². The molecule has 2 amide bonds. The summed E-state index contributed by atoms with van der Waals surface area (Å²) in [5.41, 5.74) is 0.401. The van der Waals surface area contributed by atoms with E-state index in [-0.39, 0.29) is 29.7 Å². The largest absolute Gasteiger partial charge is 0.279 e. The number of allylic oxidation sites excluding steroid dienone is 2. The maximum atomic E-state index is 13.0. The van der Waals surface area contributed by atoms with Gasteiger partial charge in [-0.2, -0.15) is 0 Å². The number of hydrogen-bond donors (Lipinski definition) is 0. The summed E-state index contributed by atoms with van der Waals surface area (Å²) in [6.07, 6.45) is 7.72. The third kappa shape index (κ3) is 1.31. The average Bonchev–Trinajstić information content (AvgIpc) is 3.14. The van der Waals surface area contributed by atoms with E-state index in [4.69, 9.17) is 0 Å². The van der Waals surface area contributed by atoms with Crippen molar-refractivity contribution >= 4 is 11.8 Å². The van der Waals surface area contributed by atoms with E-state index in [0.29, 0.717) is 35.0 Å². The number of fused-ring (bicyclic) bond motifs is 7. The summed E-state index contributed by atoms with van der Waals surface area (Å²) in [7, 11) is 0. The SMILES string of the molecule is C[C@@H]1[C@H]2C[C@@H](C[C@@H]1N1C(=O)C3C4C=CC(C4)C3C1=O)C2(C)C. The fourth-order valence-corrected chi connectivity index (χ4v) is 6.72. The maximum absolute atomic E-state index is 13.0. The normalized spacial score (nSPS) is 53.9. The van der Waals surface area contributed by atoms with Crippen molar-refractivity contribution in [3.63, 3.8) is 0 Å². The molecule has 3 nitrogen and oxygen atoms in total. The minimum Gasteiger partial charge on any atom is -0.279 e. The lowest BCUT2D eigenvalue weighted by atomic mass is 9.44. The van der Waals surface area contributed by atoms with Crippen LogP contribution < -0.4 is 0 Å². The number of imide groups is 1. The zero-order valence-corrected chi connectivity index (χ0v) is 13.7. The van der Waals surface area contributed by atoms with Crippen molar-refractivity contribution in [1.29, 1.82) is 0 Å². The molecule has 118 valence electrons. The Labute approximate surface area is 132 Å². The Morgan fingerprint density at radius 2 is 1.59 bits per heavy atom. The van der Waals surface area contributed by atoms with E-state index < -0.39 is 0 Å². The van der Waals surface area contributed by atoms with Crippen LogP contribution in [0.1, 0.15) is 40.0 Å². The second-order valence-electron chi connectivity index (χ2n) is 9.07. The molecule has 4 unspecified atom stereocenters. The molecule has 0 N–H and O–H groups in total. The molecular weight excluding hydrogens is 274 g/mol. The molecule has 3 heteroatoms. The van der Waals surface area contributed by atoms with Gasteiger partial charge in [0.15, 0.2) is 0 Å². The van der Waals surface area contributed by atoms with E-state index in [9.17, 15) is 9.59 Å². The highest BCUT2D eigenvalue weighted by molar-refractivity contribution is 6.06. The molecule has 0 aromatic heterocycles. The first-order valence-electron chi connectivity index (χ1n) is 8.96. The Hall–Kier alpha value is -1.12. The Kier molecular flexibility index (Phi) is 2.34. The quantitative estimate of drug-likeness (QED) is 0.551. The summed E-state index contributed by atoms with van der Waals surface area (Å²) in [5, 5.41) is 0. The summed E-state index contributed by atoms with van der Waals surface area (Å²) in [4.78, 5) is 27.7. The number of nitrogens with zero attached hydrogens (tertiary/aromatic N) is 1. The van der Waals surface area contributed by atoms with E-state index in [0.717, 1.165) is 12.8 Å². The van der Waals surface area contributed by atoms with Crippen molar-refractivity contribution in [2.45, 2.75) is 46.1 Å². The van der Waals surface area contributed by atoms with Crippen molar-refractivity contribution in [2.75, 3.05) is 0 Å². The number of carbonyl (C=O) groups excluding carboxylic acids is 2. The van der Waals surface area contributed by atoms with Crippen molar-refractivity contribution in [2.24, 2.45) is 46.8 Å². The highest BCUT2D eigenvalue weighted by atomic mass is 16.2. The monoisotopic (exact) mass is 299 g/mol. The predicted molar refractivity (Wildman–Crippen MR) is 82.5 cm³/mol. The molecule has 5 fully saturated rings. The highest BCUT2D eigenvalue weighted by Gasteiger charge is 2.64. The molecule has 4 saturated carbocycles. The van der Waals surface area contributed by atoms with E-state index in [1.54, 1.807) is 4.90 Å². The Bertz CT molecular complexity index is 577. The van der Waals surface area contributed by atoms with Crippen LogP contribution >= 0.6 is 0 Å². The third-order valence-electron chi connectivity index (χ3n) is 8.15. The van der Waals surface area contributed by atoms with Gasteiger partial charge in [0.1, 0.15) is 0 Å². The Morgan fingerprint density at radius 1 is 1.00 bits per heavy atom. The second kappa shape index (κ2) is 3.85. The van der Waals surface area contributed by atoms with E-state index in [1.807, 2.05) is 0 Å². The molecule has 0 aromatic carbocycles. The minimum absolute atomic E-state index is 0.0269. The molecule has 22 heavy (non-hydrogen) atoms. The van der Waals surface area contributed by atoms with Crippen LogP contribution in [0.5, 0.6) is 0 Å². The lowest BCUT2D eigenvalue weighted by Crippen LogP contribution is -2.61. The Morgan fingerprint density at radius 3 is 2.09 bits per heavy atom. The summed E-state index contributed by atoms with van der Waals surface area (Å²) in [6, 6.07) is 0.168. The van der Waals surface area contributed by atoms with Crippen LogP contribution in [-0.4, -0.2) is 22.8 Å². The number of rotatable bonds is 1. The van der Waals surface area contributed by atoms with E-state index in [2.05, 4.69) is 32.9 Å². The molecule has 0 spiro atoms. The van der Waals surface area contributed by atoms with Crippen LogP contribution in [0.15, 0.2) is 12.2 Å². The van der Waals surface area contributed by atoms with E-state index in [1.165, 1.54) is 6.42 Å². The van der Waals surface area contributed by atoms with Gasteiger partial charge in [0.25, 0.3) is 0 Å². The maximum Gasteiger partial charge on any atom is 0.233 e. The number of hydrogen-bond acceptors (Lipinski definition) is 2. The van der Waals surface area contributed by atoms with Gasteiger partial charge in [-0.25, -0.2) is 0 Å². The van der Waals surface area contributed by atoms with Gasteiger partial charge in [-0.3, -0.25) is 14.5 Å². The van der Waals surface area contributed by atoms with Crippen LogP contribution in [0.3, 0.4) is 0 Å². The third-order valence-corrected chi connectivity index (χ3v) is 8.15. The molecule has 4 bridgehead atoms. The molecular formula is C19H25NO2. The van der Waals surface area contributed by atoms with Gasteiger partial charge in [0.2, 0.25) is 11.8 Å². The van der Waals surface area contributed by atoms with Gasteiger partial charge in [0, 0.05) is 6.04 Å². The van der Waals surface area contributed by atoms with Gasteiger partial charge in [-0.05, 0) is 54.3 Å². The first-order chi connectivity index (χ1) is 10.4. The highest BCUT2D eigenvalue weighted by Crippen LogP contribution is 2.63. The molecule has 0 radical (unpaired) electrons. The summed E-state index contributed by atoms with van der Waals surface area (Å²) >= 11 is 0. The molecule has 1 heterocycles. The first kappa shape index (κ1) is 13.3. The zero-order valence-electron chi connectivity index (χ0n) is 13.7. The fraction of sp³-hybridized carbons (Fsp3) is 0.789. The van der Waals surface area contributed by atoms with Crippen LogP contribution in [0.25, 0.3) is 0 Å². The Balaban J connectivity index is 1.46. The fourth-order valence-electron chi connectivity index (χ4n) is 6.72.